The lowest BCUT2D eigenvalue weighted by Crippen LogP contribution is -2.61. The highest BCUT2D eigenvalue weighted by atomic mass is 28.4. The van der Waals surface area contributed by atoms with Gasteiger partial charge in [-0.2, -0.15) is 0 Å². The normalized spacial score (nSPS) is 24.4. The molecule has 2 saturated heterocycles. The second kappa shape index (κ2) is 7.66. The molecule has 0 unspecified atom stereocenters. The molecule has 8 nitrogen and oxygen atoms in total. The fraction of sp³-hybridized carbons (Fsp3) is 0.842. The number of carbonyl (C=O) groups is 3. The van der Waals surface area contributed by atoms with Gasteiger partial charge in [0, 0.05) is 6.54 Å². The first kappa shape index (κ1) is 22.7. The Balaban J connectivity index is 2.25. The second-order valence-corrected chi connectivity index (χ2v) is 14.8. The summed E-state index contributed by atoms with van der Waals surface area (Å²) in [6.07, 6.45) is -1.09. The van der Waals surface area contributed by atoms with Crippen LogP contribution in [0.15, 0.2) is 0 Å². The molecule has 0 bridgehead atoms. The van der Waals surface area contributed by atoms with Gasteiger partial charge in [0.05, 0.1) is 18.7 Å². The van der Waals surface area contributed by atoms with E-state index in [9.17, 15) is 14.4 Å². The molecule has 2 aliphatic heterocycles. The Labute approximate surface area is 168 Å². The third-order valence-corrected chi connectivity index (χ3v) is 10.0. The van der Waals surface area contributed by atoms with Gasteiger partial charge in [-0.1, -0.05) is 20.8 Å². The summed E-state index contributed by atoms with van der Waals surface area (Å²) in [5, 5.41) is -0.0543. The van der Waals surface area contributed by atoms with E-state index < -0.39 is 38.3 Å². The molecule has 160 valence electrons. The number of imide groups is 1. The van der Waals surface area contributed by atoms with Crippen molar-refractivity contribution in [2.24, 2.45) is 0 Å². The van der Waals surface area contributed by atoms with Gasteiger partial charge in [-0.25, -0.2) is 14.5 Å². The van der Waals surface area contributed by atoms with E-state index in [-0.39, 0.29) is 24.1 Å². The van der Waals surface area contributed by atoms with E-state index in [1.165, 1.54) is 4.90 Å². The van der Waals surface area contributed by atoms with E-state index in [4.69, 9.17) is 13.9 Å². The number of hydrogen-bond acceptors (Lipinski definition) is 6. The van der Waals surface area contributed by atoms with E-state index in [1.54, 1.807) is 4.90 Å². The molecule has 2 aliphatic rings. The minimum absolute atomic E-state index is 0.0543. The molecule has 0 saturated carbocycles. The molecule has 0 spiro atoms. The molecule has 0 aromatic rings. The molecule has 9 heteroatoms. The average molecular weight is 415 g/mol. The Morgan fingerprint density at radius 3 is 2.21 bits per heavy atom. The number of cyclic esters (lactones) is 1. The fourth-order valence-electron chi connectivity index (χ4n) is 3.05. The van der Waals surface area contributed by atoms with Crippen LogP contribution in [0.2, 0.25) is 18.1 Å². The Morgan fingerprint density at radius 2 is 1.75 bits per heavy atom. The highest BCUT2D eigenvalue weighted by Gasteiger charge is 2.48. The van der Waals surface area contributed by atoms with E-state index in [0.29, 0.717) is 13.0 Å². The number of likely N-dealkylation sites (tertiary alicyclic amines) is 1. The number of hydrogen-bond donors (Lipinski definition) is 0. The SMILES string of the molecule is CC(C)(C)OC(=O)N1CC[C@H](N2C(=O)COC2=O)[C@@H](O[Si](C)(C)C(C)(C)C)C1. The van der Waals surface area contributed by atoms with Crippen LogP contribution in [-0.4, -0.2) is 73.7 Å². The number of carbonyl (C=O) groups excluding carboxylic acids is 3. The average Bonchev–Trinajstić information content (AvgIpc) is 2.83. The predicted molar refractivity (Wildman–Crippen MR) is 106 cm³/mol. The molecule has 2 rings (SSSR count). The standard InChI is InChI=1S/C19H34N2O6Si/c1-18(2,3)26-16(23)20-10-9-13(21-15(22)12-25-17(21)24)14(11-20)27-28(7,8)19(4,5)6/h13-14H,9-12H2,1-8H3/t13-,14-/m0/s1. The van der Waals surface area contributed by atoms with Crippen LogP contribution in [0.5, 0.6) is 0 Å². The first-order valence-corrected chi connectivity index (χ1v) is 12.7. The van der Waals surface area contributed by atoms with Gasteiger partial charge < -0.3 is 18.8 Å². The molecule has 0 aromatic carbocycles. The summed E-state index contributed by atoms with van der Waals surface area (Å²) < 4.78 is 17.0. The van der Waals surface area contributed by atoms with Crippen molar-refractivity contribution in [1.29, 1.82) is 0 Å². The van der Waals surface area contributed by atoms with Gasteiger partial charge in [-0.15, -0.1) is 0 Å². The lowest BCUT2D eigenvalue weighted by Gasteiger charge is -2.46. The first-order chi connectivity index (χ1) is 12.6. The Morgan fingerprint density at radius 1 is 1.14 bits per heavy atom. The van der Waals surface area contributed by atoms with Gasteiger partial charge in [0.15, 0.2) is 14.9 Å². The zero-order valence-electron chi connectivity index (χ0n) is 18.3. The molecular weight excluding hydrogens is 380 g/mol. The molecule has 2 fully saturated rings. The minimum Gasteiger partial charge on any atom is -0.444 e. The third kappa shape index (κ3) is 5.05. The molecular formula is C19H34N2O6Si. The largest absolute Gasteiger partial charge is 0.444 e. The predicted octanol–water partition coefficient (Wildman–Crippen LogP) is 3.37. The Kier molecular flexibility index (Phi) is 6.21. The monoisotopic (exact) mass is 414 g/mol. The molecule has 0 N–H and O–H groups in total. The van der Waals surface area contributed by atoms with E-state index >= 15 is 0 Å². The number of piperidine rings is 1. The smallest absolute Gasteiger partial charge is 0.417 e. The molecule has 0 aromatic heterocycles. The summed E-state index contributed by atoms with van der Waals surface area (Å²) >= 11 is 0. The topological polar surface area (TPSA) is 85.4 Å². The fourth-order valence-corrected chi connectivity index (χ4v) is 4.39. The van der Waals surface area contributed by atoms with E-state index in [2.05, 4.69) is 33.9 Å². The summed E-state index contributed by atoms with van der Waals surface area (Å²) in [5.74, 6) is -0.357. The summed E-state index contributed by atoms with van der Waals surface area (Å²) in [6.45, 7) is 16.5. The third-order valence-electron chi connectivity index (χ3n) is 5.54. The van der Waals surface area contributed by atoms with Gasteiger partial charge in [-0.05, 0) is 45.3 Å². The van der Waals surface area contributed by atoms with Crippen LogP contribution in [-0.2, 0) is 18.7 Å². The summed E-state index contributed by atoms with van der Waals surface area (Å²) in [5.41, 5.74) is -0.599. The molecule has 2 heterocycles. The zero-order chi connectivity index (χ0) is 21.5. The van der Waals surface area contributed by atoms with E-state index in [0.717, 1.165) is 0 Å². The van der Waals surface area contributed by atoms with Crippen LogP contribution < -0.4 is 0 Å². The van der Waals surface area contributed by atoms with Crippen molar-refractivity contribution in [3.8, 4) is 0 Å². The molecule has 0 radical (unpaired) electrons. The van der Waals surface area contributed by atoms with Gasteiger partial charge in [0.1, 0.15) is 5.60 Å². The summed E-state index contributed by atoms with van der Waals surface area (Å²) in [6, 6.07) is -0.449. The summed E-state index contributed by atoms with van der Waals surface area (Å²) in [7, 11) is -2.21. The lowest BCUT2D eigenvalue weighted by atomic mass is 10.0. The number of rotatable bonds is 3. The van der Waals surface area contributed by atoms with Crippen molar-refractivity contribution in [2.75, 3.05) is 19.7 Å². The van der Waals surface area contributed by atoms with Crippen LogP contribution in [0.25, 0.3) is 0 Å². The highest BCUT2D eigenvalue weighted by molar-refractivity contribution is 6.74. The van der Waals surface area contributed by atoms with Crippen LogP contribution >= 0.6 is 0 Å². The second-order valence-electron chi connectivity index (χ2n) is 10.0. The van der Waals surface area contributed by atoms with Crippen molar-refractivity contribution in [2.45, 2.75) is 83.8 Å². The number of nitrogens with zero attached hydrogens (tertiary/aromatic N) is 2. The number of ether oxygens (including phenoxy) is 2. The van der Waals surface area contributed by atoms with Crippen LogP contribution in [0.4, 0.5) is 9.59 Å². The minimum atomic E-state index is -2.21. The number of amides is 3. The van der Waals surface area contributed by atoms with E-state index in [1.807, 2.05) is 20.8 Å². The lowest BCUT2D eigenvalue weighted by molar-refractivity contribution is -0.130. The summed E-state index contributed by atoms with van der Waals surface area (Å²) in [4.78, 5) is 39.7. The van der Waals surface area contributed by atoms with Crippen molar-refractivity contribution in [3.05, 3.63) is 0 Å². The van der Waals surface area contributed by atoms with Crippen LogP contribution in [0.3, 0.4) is 0 Å². The molecule has 0 aliphatic carbocycles. The van der Waals surface area contributed by atoms with Crippen molar-refractivity contribution in [3.63, 3.8) is 0 Å². The maximum Gasteiger partial charge on any atom is 0.417 e. The van der Waals surface area contributed by atoms with Crippen molar-refractivity contribution >= 4 is 26.4 Å². The van der Waals surface area contributed by atoms with Crippen LogP contribution in [0, 0.1) is 0 Å². The van der Waals surface area contributed by atoms with Gasteiger partial charge in [0.25, 0.3) is 5.91 Å². The van der Waals surface area contributed by atoms with Crippen molar-refractivity contribution in [1.82, 2.24) is 9.80 Å². The quantitative estimate of drug-likeness (QED) is 0.658. The maximum atomic E-state index is 12.6. The van der Waals surface area contributed by atoms with Crippen molar-refractivity contribution < 1.29 is 28.3 Å². The molecule has 3 amide bonds. The zero-order valence-corrected chi connectivity index (χ0v) is 19.3. The Bertz CT molecular complexity index is 621. The van der Waals surface area contributed by atoms with Gasteiger partial charge in [-0.3, -0.25) is 4.79 Å². The highest BCUT2D eigenvalue weighted by Crippen LogP contribution is 2.39. The molecule has 28 heavy (non-hydrogen) atoms. The molecule has 2 atom stereocenters. The van der Waals surface area contributed by atoms with Gasteiger partial charge in [0.2, 0.25) is 0 Å². The Hall–Kier alpha value is -1.61. The van der Waals surface area contributed by atoms with Crippen LogP contribution in [0.1, 0.15) is 48.0 Å². The maximum absolute atomic E-state index is 12.6. The first-order valence-electron chi connectivity index (χ1n) is 9.77. The van der Waals surface area contributed by atoms with Gasteiger partial charge >= 0.3 is 12.2 Å².